The van der Waals surface area contributed by atoms with Crippen molar-refractivity contribution in [3.8, 4) is 17.6 Å². The number of benzene rings is 1. The molecule has 0 bridgehead atoms. The number of nitrogens with zero attached hydrogens (tertiary/aromatic N) is 4. The average molecular weight is 386 g/mol. The van der Waals surface area contributed by atoms with Crippen LogP contribution in [0.1, 0.15) is 5.56 Å². The highest BCUT2D eigenvalue weighted by molar-refractivity contribution is 7.91. The second kappa shape index (κ2) is 5.85. The lowest BCUT2D eigenvalue weighted by atomic mass is 10.2. The first-order valence-electron chi connectivity index (χ1n) is 8.00. The fourth-order valence-electron chi connectivity index (χ4n) is 3.03. The fourth-order valence-corrected chi connectivity index (χ4v) is 4.38. The zero-order valence-electron chi connectivity index (χ0n) is 14.2. The van der Waals surface area contributed by atoms with Crippen molar-refractivity contribution in [1.29, 1.82) is 0 Å². The van der Waals surface area contributed by atoms with Gasteiger partial charge in [-0.3, -0.25) is 13.9 Å². The quantitative estimate of drug-likeness (QED) is 0.561. The first kappa shape index (κ1) is 17.1. The molecule has 0 aliphatic carbocycles. The Morgan fingerprint density at radius 3 is 2.81 bits per heavy atom. The second-order valence-corrected chi connectivity index (χ2v) is 8.12. The lowest BCUT2D eigenvalue weighted by molar-refractivity contribution is 0.475. The number of phenols is 1. The maximum Gasteiger partial charge on any atom is 0.333 e. The molecule has 4 rings (SSSR count). The summed E-state index contributed by atoms with van der Waals surface area (Å²) in [6, 6.07) is 6.33. The van der Waals surface area contributed by atoms with Crippen molar-refractivity contribution in [2.45, 2.75) is 18.2 Å². The number of aromatic nitrogens is 4. The molecule has 2 aromatic heterocycles. The van der Waals surface area contributed by atoms with Gasteiger partial charge in [0.15, 0.2) is 11.2 Å². The average Bonchev–Trinajstić information content (AvgIpc) is 3.14. The summed E-state index contributed by atoms with van der Waals surface area (Å²) in [4.78, 5) is 29.1. The van der Waals surface area contributed by atoms with E-state index < -0.39 is 21.1 Å². The molecule has 138 valence electrons. The molecule has 0 unspecified atom stereocenters. The first-order chi connectivity index (χ1) is 12.8. The molecule has 0 radical (unpaired) electrons. The summed E-state index contributed by atoms with van der Waals surface area (Å²) in [6.07, 6.45) is 0. The number of hydrogen-bond acceptors (Lipinski definition) is 6. The molecule has 0 saturated carbocycles. The predicted octanol–water partition coefficient (Wildman–Crippen LogP) is -0.559. The van der Waals surface area contributed by atoms with Gasteiger partial charge in [0.25, 0.3) is 5.56 Å². The summed E-state index contributed by atoms with van der Waals surface area (Å²) in [6.45, 7) is 0.0339. The molecule has 3 aromatic rings. The van der Waals surface area contributed by atoms with E-state index in [2.05, 4.69) is 16.8 Å². The molecule has 9 nitrogen and oxygen atoms in total. The van der Waals surface area contributed by atoms with Gasteiger partial charge in [-0.25, -0.2) is 13.2 Å². The van der Waals surface area contributed by atoms with Crippen molar-refractivity contribution < 1.29 is 13.5 Å². The summed E-state index contributed by atoms with van der Waals surface area (Å²) < 4.78 is 27.7. The molecule has 1 N–H and O–H groups in total. The topological polar surface area (TPSA) is 116 Å². The zero-order chi connectivity index (χ0) is 19.3. The van der Waals surface area contributed by atoms with Crippen molar-refractivity contribution in [2.75, 3.05) is 5.75 Å². The lowest BCUT2D eigenvalue weighted by Gasteiger charge is -2.06. The highest BCUT2D eigenvalue weighted by Gasteiger charge is 2.33. The van der Waals surface area contributed by atoms with Gasteiger partial charge < -0.3 is 9.67 Å². The Kier molecular flexibility index (Phi) is 3.71. The molecule has 27 heavy (non-hydrogen) atoms. The van der Waals surface area contributed by atoms with Crippen molar-refractivity contribution >= 4 is 21.0 Å². The predicted molar refractivity (Wildman–Crippen MR) is 96.3 cm³/mol. The van der Waals surface area contributed by atoms with Crippen LogP contribution in [0.15, 0.2) is 39.0 Å². The highest BCUT2D eigenvalue weighted by atomic mass is 32.2. The number of rotatable bonds is 1. The minimum atomic E-state index is -3.57. The largest absolute Gasteiger partial charge is 0.508 e. The minimum Gasteiger partial charge on any atom is -0.508 e. The van der Waals surface area contributed by atoms with Crippen LogP contribution in [-0.2, 0) is 30.0 Å². The summed E-state index contributed by atoms with van der Waals surface area (Å²) in [5, 5.41) is 9.27. The van der Waals surface area contributed by atoms with Crippen LogP contribution in [0, 0.1) is 11.8 Å². The molecular weight excluding hydrogens is 372 g/mol. The third-order valence-corrected chi connectivity index (χ3v) is 5.96. The molecule has 0 fully saturated rings. The Labute approximate surface area is 153 Å². The van der Waals surface area contributed by atoms with Crippen molar-refractivity contribution in [3.05, 3.63) is 50.7 Å². The van der Waals surface area contributed by atoms with Gasteiger partial charge >= 0.3 is 5.69 Å². The molecule has 0 atom stereocenters. The van der Waals surface area contributed by atoms with Crippen LogP contribution in [0.25, 0.3) is 11.2 Å². The van der Waals surface area contributed by atoms with Gasteiger partial charge in [0.2, 0.25) is 15.0 Å². The smallest absolute Gasteiger partial charge is 0.333 e. The standard InChI is InChI=1S/C17H14N4O5S/c1-19-15(23)13-14(18-16-20(13)8-9-27(16,25)26)21(17(19)24)7-3-5-11-4-2-6-12(22)10-11/h2,4,6,10,22H,7-9H2,1H3. The Hall–Kier alpha value is -3.32. The van der Waals surface area contributed by atoms with Crippen LogP contribution < -0.4 is 11.2 Å². The van der Waals surface area contributed by atoms with Gasteiger partial charge in [-0.2, -0.15) is 4.98 Å². The van der Waals surface area contributed by atoms with Gasteiger partial charge in [-0.15, -0.1) is 0 Å². The van der Waals surface area contributed by atoms with E-state index in [1.165, 1.54) is 28.3 Å². The molecule has 0 amide bonds. The fraction of sp³-hybridized carbons (Fsp3) is 0.235. The van der Waals surface area contributed by atoms with Crippen molar-refractivity contribution in [1.82, 2.24) is 18.7 Å². The Bertz CT molecular complexity index is 1380. The first-order valence-corrected chi connectivity index (χ1v) is 9.65. The summed E-state index contributed by atoms with van der Waals surface area (Å²) >= 11 is 0. The maximum atomic E-state index is 12.5. The summed E-state index contributed by atoms with van der Waals surface area (Å²) in [5.41, 5.74) is -0.590. The molecule has 0 saturated heterocycles. The molecule has 1 aliphatic rings. The van der Waals surface area contributed by atoms with Crippen LogP contribution in [0.3, 0.4) is 0 Å². The number of hydrogen-bond donors (Lipinski definition) is 1. The zero-order valence-corrected chi connectivity index (χ0v) is 15.0. The summed E-state index contributed by atoms with van der Waals surface area (Å²) in [5.74, 6) is 5.56. The van der Waals surface area contributed by atoms with E-state index in [-0.39, 0.29) is 40.9 Å². The number of sulfone groups is 1. The van der Waals surface area contributed by atoms with Crippen LogP contribution in [0.5, 0.6) is 5.75 Å². The van der Waals surface area contributed by atoms with Crippen LogP contribution >= 0.6 is 0 Å². The second-order valence-electron chi connectivity index (χ2n) is 6.12. The molecule has 1 aromatic carbocycles. The van der Waals surface area contributed by atoms with Crippen LogP contribution in [0.2, 0.25) is 0 Å². The van der Waals surface area contributed by atoms with Crippen molar-refractivity contribution in [2.24, 2.45) is 7.05 Å². The number of fused-ring (bicyclic) bond motifs is 3. The molecule has 10 heteroatoms. The van der Waals surface area contributed by atoms with E-state index >= 15 is 0 Å². The molecule has 1 aliphatic heterocycles. The van der Waals surface area contributed by atoms with Gasteiger partial charge in [-0.1, -0.05) is 17.9 Å². The molecule has 0 spiro atoms. The SMILES string of the molecule is Cn1c(=O)c2c(nc3n2CCS3(=O)=O)n(CC#Cc2cccc(O)c2)c1=O. The van der Waals surface area contributed by atoms with Gasteiger partial charge in [0.1, 0.15) is 5.75 Å². The Balaban J connectivity index is 1.89. The molecule has 3 heterocycles. The number of imidazole rings is 1. The number of aryl methyl sites for hydroxylation is 1. The van der Waals surface area contributed by atoms with Gasteiger partial charge in [0, 0.05) is 19.2 Å². The van der Waals surface area contributed by atoms with E-state index in [1.54, 1.807) is 12.1 Å². The molecular formula is C17H14N4O5S. The monoisotopic (exact) mass is 386 g/mol. The Morgan fingerprint density at radius 1 is 1.30 bits per heavy atom. The highest BCUT2D eigenvalue weighted by Crippen LogP contribution is 2.22. The third kappa shape index (κ3) is 2.63. The van der Waals surface area contributed by atoms with Crippen LogP contribution in [-0.4, -0.2) is 38.0 Å². The van der Waals surface area contributed by atoms with Crippen LogP contribution in [0.4, 0.5) is 0 Å². The normalized spacial score (nSPS) is 14.7. The number of phenolic OH excluding ortho intramolecular Hbond substituents is 1. The van der Waals surface area contributed by atoms with E-state index in [0.29, 0.717) is 5.56 Å². The summed E-state index contributed by atoms with van der Waals surface area (Å²) in [7, 11) is -2.24. The minimum absolute atomic E-state index is 0.00610. The van der Waals surface area contributed by atoms with E-state index in [1.807, 2.05) is 0 Å². The third-order valence-electron chi connectivity index (χ3n) is 4.37. The number of aromatic hydroxyl groups is 1. The van der Waals surface area contributed by atoms with Gasteiger partial charge in [0.05, 0.1) is 12.3 Å². The van der Waals surface area contributed by atoms with E-state index in [4.69, 9.17) is 0 Å². The van der Waals surface area contributed by atoms with Crippen molar-refractivity contribution in [3.63, 3.8) is 0 Å². The Morgan fingerprint density at radius 2 is 2.07 bits per heavy atom. The lowest BCUT2D eigenvalue weighted by Crippen LogP contribution is -2.38. The maximum absolute atomic E-state index is 12.5. The van der Waals surface area contributed by atoms with E-state index in [9.17, 15) is 23.1 Å². The van der Waals surface area contributed by atoms with Gasteiger partial charge in [-0.05, 0) is 18.2 Å². The van der Waals surface area contributed by atoms with E-state index in [0.717, 1.165) is 4.57 Å².